The van der Waals surface area contributed by atoms with Crippen molar-refractivity contribution in [1.82, 2.24) is 4.98 Å². The van der Waals surface area contributed by atoms with E-state index >= 15 is 0 Å². The van der Waals surface area contributed by atoms with Crippen LogP contribution in [0.4, 0.5) is 4.39 Å². The molecule has 2 aromatic carbocycles. The van der Waals surface area contributed by atoms with Gasteiger partial charge in [0, 0.05) is 5.39 Å². The Morgan fingerprint density at radius 3 is 2.48 bits per heavy atom. The molecule has 4 aromatic rings. The number of hydrogen-bond acceptors (Lipinski definition) is 4. The van der Waals surface area contributed by atoms with Crippen molar-refractivity contribution in [3.05, 3.63) is 90.1 Å². The number of nitrogens with zero attached hydrogens (tertiary/aromatic N) is 1. The van der Waals surface area contributed by atoms with Crippen molar-refractivity contribution in [2.75, 3.05) is 0 Å². The number of rotatable bonds is 5. The summed E-state index contributed by atoms with van der Waals surface area (Å²) < 4.78 is 19.6. The Hall–Kier alpha value is -4.06. The van der Waals surface area contributed by atoms with Crippen molar-refractivity contribution < 1.29 is 23.5 Å². The van der Waals surface area contributed by atoms with E-state index in [1.165, 1.54) is 18.2 Å². The van der Waals surface area contributed by atoms with Crippen LogP contribution in [0.5, 0.6) is 0 Å². The highest BCUT2D eigenvalue weighted by Crippen LogP contribution is 2.27. The summed E-state index contributed by atoms with van der Waals surface area (Å²) in [5, 5.41) is 10.1. The third-order valence-corrected chi connectivity index (χ3v) is 4.37. The summed E-state index contributed by atoms with van der Waals surface area (Å²) in [6.07, 6.45) is 1.30. The van der Waals surface area contributed by atoms with Gasteiger partial charge in [-0.25, -0.2) is 14.2 Å². The van der Waals surface area contributed by atoms with Gasteiger partial charge >= 0.3 is 5.97 Å². The number of carbonyl (C=O) groups is 2. The van der Waals surface area contributed by atoms with Gasteiger partial charge in [0.1, 0.15) is 17.3 Å². The van der Waals surface area contributed by atoms with Gasteiger partial charge in [-0.1, -0.05) is 36.4 Å². The molecule has 0 aliphatic carbocycles. The minimum absolute atomic E-state index is 0.127. The van der Waals surface area contributed by atoms with Crippen molar-refractivity contribution >= 4 is 34.3 Å². The zero-order chi connectivity index (χ0) is 20.4. The fourth-order valence-corrected chi connectivity index (χ4v) is 2.97. The van der Waals surface area contributed by atoms with E-state index in [-0.39, 0.29) is 28.4 Å². The first-order valence-corrected chi connectivity index (χ1v) is 8.73. The molecular formula is C23H14FNO4. The molecule has 0 aliphatic rings. The maximum Gasteiger partial charge on any atom is 0.377 e. The van der Waals surface area contributed by atoms with Gasteiger partial charge in [-0.15, -0.1) is 0 Å². The fraction of sp³-hybridized carbons (Fsp3) is 0. The largest absolute Gasteiger partial charge is 0.475 e. The predicted octanol–water partition coefficient (Wildman–Crippen LogP) is 4.83. The standard InChI is InChI=1S/C23H14FNO4/c24-18-7-3-2-6-16(18)21-12-10-15(29-21)13-17(22(26)23(27)28)20-11-9-14-5-1-4-8-19(14)25-20/h1-13H,(H,27,28)/b17-13-. The van der Waals surface area contributed by atoms with Crippen LogP contribution >= 0.6 is 0 Å². The van der Waals surface area contributed by atoms with Gasteiger partial charge in [-0.2, -0.15) is 0 Å². The number of furan rings is 1. The van der Waals surface area contributed by atoms with E-state index in [0.29, 0.717) is 5.52 Å². The number of benzene rings is 2. The smallest absolute Gasteiger partial charge is 0.377 e. The molecule has 0 amide bonds. The molecule has 1 N–H and O–H groups in total. The first-order chi connectivity index (χ1) is 14.0. The van der Waals surface area contributed by atoms with Gasteiger partial charge in [-0.3, -0.25) is 4.79 Å². The molecule has 6 heteroatoms. The predicted molar refractivity (Wildman–Crippen MR) is 106 cm³/mol. The number of fused-ring (bicyclic) bond motifs is 1. The van der Waals surface area contributed by atoms with Crippen LogP contribution in [0.2, 0.25) is 0 Å². The van der Waals surface area contributed by atoms with Crippen molar-refractivity contribution in [3.8, 4) is 11.3 Å². The minimum atomic E-state index is -1.60. The summed E-state index contributed by atoms with van der Waals surface area (Å²) in [4.78, 5) is 28.0. The van der Waals surface area contributed by atoms with Gasteiger partial charge < -0.3 is 9.52 Å². The highest BCUT2D eigenvalue weighted by Gasteiger charge is 2.22. The number of pyridine rings is 1. The summed E-state index contributed by atoms with van der Waals surface area (Å²) in [7, 11) is 0. The molecule has 29 heavy (non-hydrogen) atoms. The molecule has 0 saturated carbocycles. The number of carboxylic acids is 1. The van der Waals surface area contributed by atoms with E-state index in [4.69, 9.17) is 4.42 Å². The lowest BCUT2D eigenvalue weighted by Gasteiger charge is -2.05. The number of aliphatic carboxylic acids is 1. The Morgan fingerprint density at radius 1 is 0.931 bits per heavy atom. The zero-order valence-electron chi connectivity index (χ0n) is 15.0. The van der Waals surface area contributed by atoms with E-state index in [9.17, 15) is 19.1 Å². The number of carbonyl (C=O) groups excluding carboxylic acids is 1. The third kappa shape index (κ3) is 3.68. The molecule has 0 unspecified atom stereocenters. The van der Waals surface area contributed by atoms with Crippen molar-refractivity contribution in [2.45, 2.75) is 0 Å². The highest BCUT2D eigenvalue weighted by atomic mass is 19.1. The third-order valence-electron chi connectivity index (χ3n) is 4.37. The molecule has 2 aromatic heterocycles. The molecule has 5 nitrogen and oxygen atoms in total. The molecule has 4 rings (SSSR count). The Kier molecular flexibility index (Phi) is 4.75. The van der Waals surface area contributed by atoms with Gasteiger partial charge in [0.05, 0.1) is 22.3 Å². The molecule has 0 bridgehead atoms. The van der Waals surface area contributed by atoms with Crippen molar-refractivity contribution in [2.24, 2.45) is 0 Å². The van der Waals surface area contributed by atoms with E-state index < -0.39 is 17.6 Å². The molecule has 0 saturated heterocycles. The Morgan fingerprint density at radius 2 is 1.69 bits per heavy atom. The highest BCUT2D eigenvalue weighted by molar-refractivity contribution is 6.52. The van der Waals surface area contributed by atoms with E-state index in [1.807, 2.05) is 12.1 Å². The lowest BCUT2D eigenvalue weighted by Crippen LogP contribution is -2.15. The molecular weight excluding hydrogens is 373 g/mol. The second-order valence-corrected chi connectivity index (χ2v) is 6.26. The summed E-state index contributed by atoms with van der Waals surface area (Å²) >= 11 is 0. The van der Waals surface area contributed by atoms with Crippen LogP contribution in [0.15, 0.2) is 77.2 Å². The molecule has 0 fully saturated rings. The first kappa shape index (κ1) is 18.3. The lowest BCUT2D eigenvalue weighted by molar-refractivity contribution is -0.146. The lowest BCUT2D eigenvalue weighted by atomic mass is 10.0. The van der Waals surface area contributed by atoms with E-state index in [2.05, 4.69) is 4.98 Å². The van der Waals surface area contributed by atoms with E-state index in [0.717, 1.165) is 5.39 Å². The van der Waals surface area contributed by atoms with Crippen LogP contribution < -0.4 is 0 Å². The molecule has 0 radical (unpaired) electrons. The summed E-state index contributed by atoms with van der Waals surface area (Å²) in [6, 6.07) is 19.8. The van der Waals surface area contributed by atoms with E-state index in [1.54, 1.807) is 48.5 Å². The Balaban J connectivity index is 1.80. The van der Waals surface area contributed by atoms with Crippen molar-refractivity contribution in [1.29, 1.82) is 0 Å². The summed E-state index contributed by atoms with van der Waals surface area (Å²) in [6.45, 7) is 0. The van der Waals surface area contributed by atoms with Gasteiger partial charge in [-0.05, 0) is 42.5 Å². The number of hydrogen-bond donors (Lipinski definition) is 1. The normalized spacial score (nSPS) is 11.6. The second-order valence-electron chi connectivity index (χ2n) is 6.26. The Bertz CT molecular complexity index is 1270. The fourth-order valence-electron chi connectivity index (χ4n) is 2.97. The van der Waals surface area contributed by atoms with Gasteiger partial charge in [0.15, 0.2) is 0 Å². The van der Waals surface area contributed by atoms with Gasteiger partial charge in [0.25, 0.3) is 5.78 Å². The quantitative estimate of drug-likeness (QED) is 0.392. The van der Waals surface area contributed by atoms with Crippen LogP contribution in [0, 0.1) is 5.82 Å². The first-order valence-electron chi connectivity index (χ1n) is 8.73. The second kappa shape index (κ2) is 7.52. The molecule has 142 valence electrons. The molecule has 2 heterocycles. The molecule has 0 atom stereocenters. The zero-order valence-corrected chi connectivity index (χ0v) is 15.0. The average Bonchev–Trinajstić information content (AvgIpc) is 3.20. The van der Waals surface area contributed by atoms with Crippen LogP contribution in [-0.2, 0) is 9.59 Å². The number of para-hydroxylation sites is 1. The van der Waals surface area contributed by atoms with Crippen LogP contribution in [0.1, 0.15) is 11.5 Å². The maximum absolute atomic E-state index is 14.0. The summed E-state index contributed by atoms with van der Waals surface area (Å²) in [5.41, 5.74) is 0.972. The number of carboxylic acid groups (broad SMARTS) is 1. The molecule has 0 spiro atoms. The topological polar surface area (TPSA) is 80.4 Å². The monoisotopic (exact) mass is 387 g/mol. The molecule has 0 aliphatic heterocycles. The van der Waals surface area contributed by atoms with Crippen LogP contribution in [-0.4, -0.2) is 21.8 Å². The van der Waals surface area contributed by atoms with Crippen molar-refractivity contribution in [3.63, 3.8) is 0 Å². The van der Waals surface area contributed by atoms with Crippen LogP contribution in [0.25, 0.3) is 33.9 Å². The number of ketones is 1. The minimum Gasteiger partial charge on any atom is -0.475 e. The Labute approximate surface area is 164 Å². The number of halogens is 1. The average molecular weight is 387 g/mol. The maximum atomic E-state index is 14.0. The number of Topliss-reactive ketones (excluding diaryl/α,β-unsaturated/α-hetero) is 1. The summed E-state index contributed by atoms with van der Waals surface area (Å²) in [5.74, 6) is -2.69. The SMILES string of the molecule is O=C(O)C(=O)/C(=C\c1ccc(-c2ccccc2F)o1)c1ccc2ccccc2n1. The van der Waals surface area contributed by atoms with Gasteiger partial charge in [0.2, 0.25) is 0 Å². The number of aromatic nitrogens is 1. The van der Waals surface area contributed by atoms with Crippen LogP contribution in [0.3, 0.4) is 0 Å².